The summed E-state index contributed by atoms with van der Waals surface area (Å²) in [6, 6.07) is 10.0. The topological polar surface area (TPSA) is 65.5 Å². The molecule has 1 aromatic heterocycles. The third-order valence-corrected chi connectivity index (χ3v) is 4.66. The maximum absolute atomic E-state index is 13.0. The monoisotopic (exact) mass is 370 g/mol. The molecule has 142 valence electrons. The number of aromatic nitrogens is 1. The van der Waals surface area contributed by atoms with E-state index in [-0.39, 0.29) is 30.5 Å². The molecule has 2 aromatic rings. The molecule has 2 heterocycles. The number of hydrogen-bond acceptors (Lipinski definition) is 4. The zero-order valence-corrected chi connectivity index (χ0v) is 15.3. The zero-order chi connectivity index (χ0) is 19.2. The van der Waals surface area contributed by atoms with E-state index < -0.39 is 0 Å². The normalized spacial score (nSPS) is 14.1. The maximum atomic E-state index is 13.0. The van der Waals surface area contributed by atoms with Crippen molar-refractivity contribution >= 4 is 23.3 Å². The molecule has 0 radical (unpaired) electrons. The van der Waals surface area contributed by atoms with Crippen molar-refractivity contribution in [3.05, 3.63) is 54.0 Å². The van der Waals surface area contributed by atoms with Crippen molar-refractivity contribution in [3.8, 4) is 0 Å². The molecule has 0 atom stereocenters. The Morgan fingerprint density at radius 1 is 1.07 bits per heavy atom. The van der Waals surface area contributed by atoms with Crippen LogP contribution in [0.4, 0.5) is 15.9 Å². The molecule has 2 amide bonds. The Labute approximate surface area is 158 Å². The average Bonchev–Trinajstić information content (AvgIpc) is 2.69. The SMILES string of the molecule is Cc1cccnc1NC(=O)CCC(=O)N1CCN(c2ccc(F)cc2)CC1. The molecular formula is C20H23FN4O2. The fourth-order valence-electron chi connectivity index (χ4n) is 3.06. The highest BCUT2D eigenvalue weighted by Crippen LogP contribution is 2.17. The van der Waals surface area contributed by atoms with Crippen LogP contribution in [0, 0.1) is 12.7 Å². The van der Waals surface area contributed by atoms with Crippen LogP contribution < -0.4 is 10.2 Å². The van der Waals surface area contributed by atoms with Gasteiger partial charge in [0.2, 0.25) is 11.8 Å². The van der Waals surface area contributed by atoms with Crippen molar-refractivity contribution in [3.63, 3.8) is 0 Å². The fourth-order valence-corrected chi connectivity index (χ4v) is 3.06. The lowest BCUT2D eigenvalue weighted by Gasteiger charge is -2.36. The van der Waals surface area contributed by atoms with Crippen LogP contribution in [0.2, 0.25) is 0 Å². The Morgan fingerprint density at radius 3 is 2.44 bits per heavy atom. The summed E-state index contributed by atoms with van der Waals surface area (Å²) < 4.78 is 13.0. The standard InChI is InChI=1S/C20H23FN4O2/c1-15-3-2-10-22-20(15)23-18(26)8-9-19(27)25-13-11-24(12-14-25)17-6-4-16(21)5-7-17/h2-7,10H,8-9,11-14H2,1H3,(H,22,23,26). The Kier molecular flexibility index (Phi) is 6.01. The van der Waals surface area contributed by atoms with Gasteiger partial charge in [0.15, 0.2) is 0 Å². The number of pyridine rings is 1. The average molecular weight is 370 g/mol. The first-order valence-corrected chi connectivity index (χ1v) is 9.02. The highest BCUT2D eigenvalue weighted by atomic mass is 19.1. The number of nitrogens with zero attached hydrogens (tertiary/aromatic N) is 3. The summed E-state index contributed by atoms with van der Waals surface area (Å²) in [6.07, 6.45) is 1.93. The molecule has 1 fully saturated rings. The van der Waals surface area contributed by atoms with E-state index in [0.717, 1.165) is 11.3 Å². The Bertz CT molecular complexity index is 802. The van der Waals surface area contributed by atoms with E-state index in [9.17, 15) is 14.0 Å². The number of carbonyl (C=O) groups is 2. The highest BCUT2D eigenvalue weighted by molar-refractivity contribution is 5.93. The lowest BCUT2D eigenvalue weighted by atomic mass is 10.2. The first-order valence-electron chi connectivity index (χ1n) is 9.02. The summed E-state index contributed by atoms with van der Waals surface area (Å²) in [7, 11) is 0. The predicted octanol–water partition coefficient (Wildman–Crippen LogP) is 2.60. The van der Waals surface area contributed by atoms with Crippen molar-refractivity contribution in [1.82, 2.24) is 9.88 Å². The summed E-state index contributed by atoms with van der Waals surface area (Å²) >= 11 is 0. The van der Waals surface area contributed by atoms with Gasteiger partial charge < -0.3 is 15.1 Å². The van der Waals surface area contributed by atoms with Crippen molar-refractivity contribution in [2.75, 3.05) is 36.4 Å². The molecule has 0 aliphatic carbocycles. The summed E-state index contributed by atoms with van der Waals surface area (Å²) in [6.45, 7) is 4.44. The second-order valence-corrected chi connectivity index (χ2v) is 6.56. The quantitative estimate of drug-likeness (QED) is 0.879. The molecule has 1 aliphatic rings. The van der Waals surface area contributed by atoms with Gasteiger partial charge in [0.25, 0.3) is 0 Å². The molecule has 1 aliphatic heterocycles. The van der Waals surface area contributed by atoms with Crippen molar-refractivity contribution in [2.45, 2.75) is 19.8 Å². The maximum Gasteiger partial charge on any atom is 0.226 e. The number of carbonyl (C=O) groups excluding carboxylic acids is 2. The molecule has 7 heteroatoms. The smallest absolute Gasteiger partial charge is 0.226 e. The Hall–Kier alpha value is -2.96. The van der Waals surface area contributed by atoms with Gasteiger partial charge in [0, 0.05) is 50.9 Å². The molecule has 0 bridgehead atoms. The minimum Gasteiger partial charge on any atom is -0.368 e. The number of nitrogens with one attached hydrogen (secondary N) is 1. The molecule has 1 saturated heterocycles. The van der Waals surface area contributed by atoms with Crippen molar-refractivity contribution in [2.24, 2.45) is 0 Å². The van der Waals surface area contributed by atoms with Crippen LogP contribution in [-0.2, 0) is 9.59 Å². The zero-order valence-electron chi connectivity index (χ0n) is 15.3. The molecule has 0 unspecified atom stereocenters. The van der Waals surface area contributed by atoms with Crippen LogP contribution in [0.1, 0.15) is 18.4 Å². The van der Waals surface area contributed by atoms with Gasteiger partial charge in [0.05, 0.1) is 0 Å². The van der Waals surface area contributed by atoms with Gasteiger partial charge in [-0.1, -0.05) is 6.07 Å². The molecule has 27 heavy (non-hydrogen) atoms. The largest absolute Gasteiger partial charge is 0.368 e. The molecule has 1 N–H and O–H groups in total. The first kappa shape index (κ1) is 18.8. The third kappa shape index (κ3) is 5.03. The van der Waals surface area contributed by atoms with E-state index in [1.165, 1.54) is 12.1 Å². The number of halogens is 1. The van der Waals surface area contributed by atoms with Gasteiger partial charge in [-0.2, -0.15) is 0 Å². The van der Waals surface area contributed by atoms with E-state index in [1.54, 1.807) is 29.3 Å². The van der Waals surface area contributed by atoms with Gasteiger partial charge in [0.1, 0.15) is 11.6 Å². The molecule has 0 saturated carbocycles. The third-order valence-electron chi connectivity index (χ3n) is 4.66. The predicted molar refractivity (Wildman–Crippen MR) is 102 cm³/mol. The van der Waals surface area contributed by atoms with Crippen LogP contribution in [0.3, 0.4) is 0 Å². The van der Waals surface area contributed by atoms with E-state index in [2.05, 4.69) is 15.2 Å². The molecule has 6 nitrogen and oxygen atoms in total. The van der Waals surface area contributed by atoms with Crippen LogP contribution in [0.25, 0.3) is 0 Å². The van der Waals surface area contributed by atoms with Gasteiger partial charge in [-0.25, -0.2) is 9.37 Å². The summed E-state index contributed by atoms with van der Waals surface area (Å²) in [5.41, 5.74) is 1.84. The van der Waals surface area contributed by atoms with Gasteiger partial charge in [-0.05, 0) is 42.8 Å². The van der Waals surface area contributed by atoms with E-state index >= 15 is 0 Å². The second kappa shape index (κ2) is 8.62. The summed E-state index contributed by atoms with van der Waals surface area (Å²) in [5, 5.41) is 2.74. The lowest BCUT2D eigenvalue weighted by Crippen LogP contribution is -2.48. The summed E-state index contributed by atoms with van der Waals surface area (Å²) in [5.74, 6) is 0.0337. The number of amides is 2. The Balaban J connectivity index is 1.43. The Morgan fingerprint density at radius 2 is 1.78 bits per heavy atom. The number of benzene rings is 1. The van der Waals surface area contributed by atoms with Crippen LogP contribution in [0.5, 0.6) is 0 Å². The minimum absolute atomic E-state index is 0.0263. The lowest BCUT2D eigenvalue weighted by molar-refractivity contribution is -0.133. The van der Waals surface area contributed by atoms with Crippen LogP contribution in [0.15, 0.2) is 42.6 Å². The summed E-state index contributed by atoms with van der Waals surface area (Å²) in [4.78, 5) is 32.5. The number of rotatable bonds is 5. The van der Waals surface area contributed by atoms with Gasteiger partial charge >= 0.3 is 0 Å². The van der Waals surface area contributed by atoms with E-state index in [4.69, 9.17) is 0 Å². The first-order chi connectivity index (χ1) is 13.0. The highest BCUT2D eigenvalue weighted by Gasteiger charge is 2.21. The van der Waals surface area contributed by atoms with E-state index in [0.29, 0.717) is 32.0 Å². The van der Waals surface area contributed by atoms with Crippen molar-refractivity contribution in [1.29, 1.82) is 0 Å². The number of piperazine rings is 1. The van der Waals surface area contributed by atoms with Crippen LogP contribution >= 0.6 is 0 Å². The molecule has 0 spiro atoms. The molecular weight excluding hydrogens is 347 g/mol. The number of anilines is 2. The van der Waals surface area contributed by atoms with Gasteiger partial charge in [-0.15, -0.1) is 0 Å². The van der Waals surface area contributed by atoms with Crippen LogP contribution in [-0.4, -0.2) is 47.9 Å². The second-order valence-electron chi connectivity index (χ2n) is 6.56. The van der Waals surface area contributed by atoms with Crippen molar-refractivity contribution < 1.29 is 14.0 Å². The van der Waals surface area contributed by atoms with E-state index in [1.807, 2.05) is 13.0 Å². The fraction of sp³-hybridized carbons (Fsp3) is 0.350. The minimum atomic E-state index is -0.258. The molecule has 3 rings (SSSR count). The molecule has 1 aromatic carbocycles. The number of hydrogen-bond donors (Lipinski definition) is 1. The van der Waals surface area contributed by atoms with Gasteiger partial charge in [-0.3, -0.25) is 9.59 Å². The number of aryl methyl sites for hydroxylation is 1.